The molecule has 128 valence electrons. The maximum absolute atomic E-state index is 6.12. The summed E-state index contributed by atoms with van der Waals surface area (Å²) in [6, 6.07) is 11.2. The molecule has 0 aliphatic carbocycles. The number of rotatable bonds is 6. The van der Waals surface area contributed by atoms with Crippen LogP contribution in [0.5, 0.6) is 11.5 Å². The number of thiocarbonyl (C=S) groups is 1. The predicted molar refractivity (Wildman–Crippen MR) is 104 cm³/mol. The highest BCUT2D eigenvalue weighted by Gasteiger charge is 2.07. The Bertz CT molecular complexity index is 726. The standard InChI is InChI=1S/C17H18Cl2N2O2S/c1-22-14-7-6-11(10-15(14)23-2)8-9-20-17(24)21-13-5-3-4-12(18)16(13)19/h3-7,10H,8-9H2,1-2H3,(H2,20,21,24). The van der Waals surface area contributed by atoms with Crippen LogP contribution >= 0.6 is 35.4 Å². The summed E-state index contributed by atoms with van der Waals surface area (Å²) >= 11 is 17.4. The van der Waals surface area contributed by atoms with Crippen LogP contribution in [0.15, 0.2) is 36.4 Å². The summed E-state index contributed by atoms with van der Waals surface area (Å²) in [6.07, 6.45) is 0.783. The molecular formula is C17H18Cl2N2O2S. The molecule has 0 unspecified atom stereocenters. The van der Waals surface area contributed by atoms with E-state index in [9.17, 15) is 0 Å². The molecule has 7 heteroatoms. The van der Waals surface area contributed by atoms with Gasteiger partial charge in [-0.05, 0) is 48.5 Å². The first-order chi connectivity index (χ1) is 11.5. The average molecular weight is 385 g/mol. The lowest BCUT2D eigenvalue weighted by atomic mass is 10.1. The van der Waals surface area contributed by atoms with Gasteiger partial charge in [0, 0.05) is 6.54 Å². The van der Waals surface area contributed by atoms with E-state index in [1.54, 1.807) is 20.3 Å². The van der Waals surface area contributed by atoms with Crippen molar-refractivity contribution in [2.45, 2.75) is 6.42 Å². The van der Waals surface area contributed by atoms with Gasteiger partial charge in [-0.1, -0.05) is 35.3 Å². The van der Waals surface area contributed by atoms with Crippen LogP contribution < -0.4 is 20.1 Å². The Kier molecular flexibility index (Phi) is 6.97. The molecule has 0 atom stereocenters. The van der Waals surface area contributed by atoms with Crippen LogP contribution in [0.25, 0.3) is 0 Å². The van der Waals surface area contributed by atoms with Gasteiger partial charge in [0.25, 0.3) is 0 Å². The Morgan fingerprint density at radius 3 is 2.54 bits per heavy atom. The zero-order valence-electron chi connectivity index (χ0n) is 13.4. The molecule has 0 heterocycles. The molecule has 2 N–H and O–H groups in total. The van der Waals surface area contributed by atoms with Crippen molar-refractivity contribution in [3.8, 4) is 11.5 Å². The fourth-order valence-electron chi connectivity index (χ4n) is 2.12. The highest BCUT2D eigenvalue weighted by atomic mass is 35.5. The molecule has 2 aromatic rings. The number of hydrogen-bond donors (Lipinski definition) is 2. The van der Waals surface area contributed by atoms with Gasteiger partial charge in [-0.25, -0.2) is 0 Å². The van der Waals surface area contributed by atoms with E-state index >= 15 is 0 Å². The fourth-order valence-corrected chi connectivity index (χ4v) is 2.68. The van der Waals surface area contributed by atoms with E-state index in [4.69, 9.17) is 44.9 Å². The third-order valence-corrected chi connectivity index (χ3v) is 4.41. The van der Waals surface area contributed by atoms with Crippen LogP contribution in [-0.4, -0.2) is 25.9 Å². The van der Waals surface area contributed by atoms with Gasteiger partial charge in [-0.15, -0.1) is 0 Å². The minimum Gasteiger partial charge on any atom is -0.493 e. The van der Waals surface area contributed by atoms with Crippen molar-refractivity contribution >= 4 is 46.2 Å². The van der Waals surface area contributed by atoms with Crippen molar-refractivity contribution < 1.29 is 9.47 Å². The van der Waals surface area contributed by atoms with Crippen molar-refractivity contribution in [2.24, 2.45) is 0 Å². The van der Waals surface area contributed by atoms with Gasteiger partial charge in [-0.3, -0.25) is 0 Å². The first-order valence-corrected chi connectivity index (χ1v) is 8.41. The topological polar surface area (TPSA) is 42.5 Å². The third kappa shape index (κ3) is 4.90. The molecule has 0 aliphatic heterocycles. The van der Waals surface area contributed by atoms with E-state index in [0.29, 0.717) is 38.9 Å². The van der Waals surface area contributed by atoms with E-state index in [0.717, 1.165) is 12.0 Å². The lowest BCUT2D eigenvalue weighted by molar-refractivity contribution is 0.354. The number of hydrogen-bond acceptors (Lipinski definition) is 3. The number of methoxy groups -OCH3 is 2. The van der Waals surface area contributed by atoms with Crippen LogP contribution in [0.3, 0.4) is 0 Å². The summed E-state index contributed by atoms with van der Waals surface area (Å²) < 4.78 is 10.5. The zero-order valence-corrected chi connectivity index (χ0v) is 15.7. The summed E-state index contributed by atoms with van der Waals surface area (Å²) in [4.78, 5) is 0. The second-order valence-corrected chi connectivity index (χ2v) is 6.12. The summed E-state index contributed by atoms with van der Waals surface area (Å²) in [5, 5.41) is 7.59. The Balaban J connectivity index is 1.87. The maximum atomic E-state index is 6.12. The number of nitrogens with one attached hydrogen (secondary N) is 2. The molecule has 0 radical (unpaired) electrons. The maximum Gasteiger partial charge on any atom is 0.170 e. The van der Waals surface area contributed by atoms with Gasteiger partial charge in [0.2, 0.25) is 0 Å². The van der Waals surface area contributed by atoms with Crippen LogP contribution in [0, 0.1) is 0 Å². The molecular weight excluding hydrogens is 367 g/mol. The molecule has 0 amide bonds. The normalized spacial score (nSPS) is 10.2. The smallest absolute Gasteiger partial charge is 0.170 e. The second-order valence-electron chi connectivity index (χ2n) is 4.92. The largest absolute Gasteiger partial charge is 0.493 e. The van der Waals surface area contributed by atoms with Crippen molar-refractivity contribution in [3.63, 3.8) is 0 Å². The van der Waals surface area contributed by atoms with Crippen molar-refractivity contribution in [2.75, 3.05) is 26.1 Å². The molecule has 0 aromatic heterocycles. The molecule has 4 nitrogen and oxygen atoms in total. The summed E-state index contributed by atoms with van der Waals surface area (Å²) in [7, 11) is 3.23. The first-order valence-electron chi connectivity index (χ1n) is 7.25. The van der Waals surface area contributed by atoms with Gasteiger partial charge < -0.3 is 20.1 Å². The molecule has 2 aromatic carbocycles. The van der Waals surface area contributed by atoms with E-state index < -0.39 is 0 Å². The first kappa shape index (κ1) is 18.6. The third-order valence-electron chi connectivity index (χ3n) is 3.35. The van der Waals surface area contributed by atoms with Crippen LogP contribution in [0.2, 0.25) is 10.0 Å². The second kappa shape index (κ2) is 8.97. The molecule has 0 saturated carbocycles. The Labute approximate surface area is 157 Å². The van der Waals surface area contributed by atoms with Crippen LogP contribution in [0.1, 0.15) is 5.56 Å². The number of benzene rings is 2. The number of anilines is 1. The van der Waals surface area contributed by atoms with Gasteiger partial charge in [0.05, 0.1) is 30.0 Å². The molecule has 0 saturated heterocycles. The van der Waals surface area contributed by atoms with E-state index in [1.165, 1.54) is 0 Å². The molecule has 0 bridgehead atoms. The lowest BCUT2D eigenvalue weighted by Crippen LogP contribution is -2.30. The predicted octanol–water partition coefficient (Wildman–Crippen LogP) is 4.54. The highest BCUT2D eigenvalue weighted by molar-refractivity contribution is 7.80. The molecule has 24 heavy (non-hydrogen) atoms. The molecule has 0 aliphatic rings. The van der Waals surface area contributed by atoms with Gasteiger partial charge in [0.1, 0.15) is 0 Å². The van der Waals surface area contributed by atoms with Crippen molar-refractivity contribution in [3.05, 3.63) is 52.0 Å². The Hall–Kier alpha value is -1.69. The van der Waals surface area contributed by atoms with Crippen molar-refractivity contribution in [1.82, 2.24) is 5.32 Å². The van der Waals surface area contributed by atoms with Crippen LogP contribution in [-0.2, 0) is 6.42 Å². The Morgan fingerprint density at radius 2 is 1.83 bits per heavy atom. The van der Waals surface area contributed by atoms with E-state index in [-0.39, 0.29) is 0 Å². The van der Waals surface area contributed by atoms with Crippen LogP contribution in [0.4, 0.5) is 5.69 Å². The summed E-state index contributed by atoms with van der Waals surface area (Å²) in [6.45, 7) is 0.666. The minimum atomic E-state index is 0.447. The summed E-state index contributed by atoms with van der Waals surface area (Å²) in [5.74, 6) is 1.42. The lowest BCUT2D eigenvalue weighted by Gasteiger charge is -2.13. The quantitative estimate of drug-likeness (QED) is 0.715. The summed E-state index contributed by atoms with van der Waals surface area (Å²) in [5.41, 5.74) is 1.79. The molecule has 0 fully saturated rings. The zero-order chi connectivity index (χ0) is 17.5. The minimum absolute atomic E-state index is 0.447. The Morgan fingerprint density at radius 1 is 1.08 bits per heavy atom. The monoisotopic (exact) mass is 384 g/mol. The number of halogens is 2. The number of ether oxygens (including phenoxy) is 2. The highest BCUT2D eigenvalue weighted by Crippen LogP contribution is 2.29. The van der Waals surface area contributed by atoms with Gasteiger partial charge in [-0.2, -0.15) is 0 Å². The van der Waals surface area contributed by atoms with E-state index in [2.05, 4.69) is 10.6 Å². The average Bonchev–Trinajstić information content (AvgIpc) is 2.58. The van der Waals surface area contributed by atoms with Gasteiger partial charge >= 0.3 is 0 Å². The van der Waals surface area contributed by atoms with Crippen molar-refractivity contribution in [1.29, 1.82) is 0 Å². The SMILES string of the molecule is COc1ccc(CCNC(=S)Nc2cccc(Cl)c2Cl)cc1OC. The molecule has 2 rings (SSSR count). The fraction of sp³-hybridized carbons (Fsp3) is 0.235. The van der Waals surface area contributed by atoms with Gasteiger partial charge in [0.15, 0.2) is 16.6 Å². The molecule has 0 spiro atoms. The van der Waals surface area contributed by atoms with E-state index in [1.807, 2.05) is 30.3 Å².